The van der Waals surface area contributed by atoms with Crippen LogP contribution < -0.4 is 0 Å². The van der Waals surface area contributed by atoms with Crippen LogP contribution >= 0.6 is 15.7 Å². The maximum absolute atomic E-state index is 9.47. The minimum absolute atomic E-state index is 0.357. The number of phosphoric ester groups is 1. The van der Waals surface area contributed by atoms with Gasteiger partial charge in [-0.2, -0.15) is 0 Å². The zero-order valence-corrected chi connectivity index (χ0v) is 20.4. The van der Waals surface area contributed by atoms with Gasteiger partial charge in [0.05, 0.1) is 0 Å². The summed E-state index contributed by atoms with van der Waals surface area (Å²) in [6.45, 7) is 7.10. The molecule has 4 nitrogen and oxygen atoms in total. The first kappa shape index (κ1) is 29.7. The quantitative estimate of drug-likeness (QED) is 0.174. The van der Waals surface area contributed by atoms with Gasteiger partial charge in [-0.15, -0.1) is 7.92 Å². The number of hydrogen-bond donors (Lipinski definition) is 2. The molecule has 0 unspecified atom stereocenters. The molecule has 0 radical (unpaired) electrons. The number of unbranched alkanes of at least 4 members (excludes halogenated alkanes) is 15. The molecule has 0 rings (SSSR count). The molecule has 166 valence electrons. The zero-order valence-electron chi connectivity index (χ0n) is 18.6. The van der Waals surface area contributed by atoms with Gasteiger partial charge in [0.25, 0.3) is 0 Å². The van der Waals surface area contributed by atoms with Crippen LogP contribution in [0.2, 0.25) is 0 Å². The highest BCUT2D eigenvalue weighted by atomic mass is 31.2. The second-order valence-electron chi connectivity index (χ2n) is 7.78. The average molecular weight is 427 g/mol. The van der Waals surface area contributed by atoms with Crippen LogP contribution in [0.3, 0.4) is 0 Å². The highest BCUT2D eigenvalue weighted by Crippen LogP contribution is 2.33. The van der Waals surface area contributed by atoms with Crippen molar-refractivity contribution in [2.24, 2.45) is 0 Å². The van der Waals surface area contributed by atoms with E-state index in [9.17, 15) is 4.57 Å². The first-order valence-electron chi connectivity index (χ1n) is 11.1. The fourth-order valence-electron chi connectivity index (χ4n) is 2.98. The van der Waals surface area contributed by atoms with E-state index in [0.29, 0.717) is 7.92 Å². The van der Waals surface area contributed by atoms with Gasteiger partial charge in [-0.1, -0.05) is 103 Å². The largest absolute Gasteiger partial charge is 0.469 e. The molecule has 0 spiro atoms. The Hall–Kier alpha value is 0.540. The predicted octanol–water partition coefficient (Wildman–Crippen LogP) is 7.71. The molecule has 0 heterocycles. The third-order valence-corrected chi connectivity index (χ3v) is 6.38. The SMILES string of the molecule is CCCCCCCCCCCCCCCCCCP(C)C.COP(=O)(O)O. The monoisotopic (exact) mass is 426 g/mol. The van der Waals surface area contributed by atoms with Gasteiger partial charge in [0.2, 0.25) is 0 Å². The summed E-state index contributed by atoms with van der Waals surface area (Å²) in [7, 11) is -2.84. The van der Waals surface area contributed by atoms with E-state index in [4.69, 9.17) is 9.79 Å². The maximum atomic E-state index is 9.47. The van der Waals surface area contributed by atoms with E-state index in [1.807, 2.05) is 0 Å². The summed E-state index contributed by atoms with van der Waals surface area (Å²) < 4.78 is 13.1. The van der Waals surface area contributed by atoms with Crippen LogP contribution in [-0.4, -0.2) is 36.4 Å². The molecule has 27 heavy (non-hydrogen) atoms. The van der Waals surface area contributed by atoms with E-state index >= 15 is 0 Å². The van der Waals surface area contributed by atoms with Crippen LogP contribution in [-0.2, 0) is 9.09 Å². The van der Waals surface area contributed by atoms with Crippen molar-refractivity contribution in [1.82, 2.24) is 0 Å². The molecule has 0 aromatic heterocycles. The van der Waals surface area contributed by atoms with Gasteiger partial charge < -0.3 is 9.79 Å². The second-order valence-corrected chi connectivity index (χ2v) is 11.7. The number of phosphoric acid groups is 1. The lowest BCUT2D eigenvalue weighted by atomic mass is 10.0. The van der Waals surface area contributed by atoms with Crippen molar-refractivity contribution < 1.29 is 18.9 Å². The standard InChI is InChI=1S/C20H43P.CH5O4P/c1-4-5-6-7-8-9-10-11-12-13-14-15-16-17-18-19-20-21(2)3;1-5-6(2,3)4/h4-20H2,1-3H3;1H3,(H2,2,3,4). The molecular weight excluding hydrogens is 378 g/mol. The van der Waals surface area contributed by atoms with Gasteiger partial charge in [-0.3, -0.25) is 4.52 Å². The van der Waals surface area contributed by atoms with Crippen molar-refractivity contribution >= 4 is 15.7 Å². The summed E-state index contributed by atoms with van der Waals surface area (Å²) in [5.74, 6) is 0. The maximum Gasteiger partial charge on any atom is 0.469 e. The molecule has 0 aliphatic rings. The summed E-state index contributed by atoms with van der Waals surface area (Å²) >= 11 is 0. The Kier molecular flexibility index (Phi) is 25.1. The van der Waals surface area contributed by atoms with Crippen LogP contribution in [0.5, 0.6) is 0 Å². The highest BCUT2D eigenvalue weighted by Gasteiger charge is 2.07. The fraction of sp³-hybridized carbons (Fsp3) is 1.00. The third-order valence-electron chi connectivity index (χ3n) is 4.70. The van der Waals surface area contributed by atoms with Crippen LogP contribution in [0.1, 0.15) is 110 Å². The van der Waals surface area contributed by atoms with Crippen molar-refractivity contribution in [3.63, 3.8) is 0 Å². The first-order chi connectivity index (χ1) is 12.8. The van der Waals surface area contributed by atoms with Gasteiger partial charge in [0, 0.05) is 7.11 Å². The van der Waals surface area contributed by atoms with Crippen LogP contribution in [0.15, 0.2) is 0 Å². The second kappa shape index (κ2) is 22.8. The van der Waals surface area contributed by atoms with Crippen molar-refractivity contribution in [1.29, 1.82) is 0 Å². The zero-order chi connectivity index (χ0) is 20.8. The van der Waals surface area contributed by atoms with E-state index in [1.54, 1.807) is 0 Å². The van der Waals surface area contributed by atoms with Crippen molar-refractivity contribution in [3.8, 4) is 0 Å². The smallest absolute Gasteiger partial charge is 0.303 e. The number of rotatable bonds is 18. The molecule has 0 fully saturated rings. The fourth-order valence-corrected chi connectivity index (χ4v) is 3.83. The summed E-state index contributed by atoms with van der Waals surface area (Å²) in [5.41, 5.74) is 0. The number of hydrogen-bond acceptors (Lipinski definition) is 2. The molecule has 0 aliphatic carbocycles. The highest BCUT2D eigenvalue weighted by molar-refractivity contribution is 7.55. The Labute approximate surface area is 171 Å². The van der Waals surface area contributed by atoms with Crippen LogP contribution in [0, 0.1) is 0 Å². The molecule has 2 N–H and O–H groups in total. The van der Waals surface area contributed by atoms with E-state index in [1.165, 1.54) is 109 Å². The Morgan fingerprint density at radius 3 is 1.15 bits per heavy atom. The molecule has 0 saturated heterocycles. The first-order valence-corrected chi connectivity index (χ1v) is 15.0. The normalized spacial score (nSPS) is 11.5. The van der Waals surface area contributed by atoms with Crippen molar-refractivity contribution in [2.45, 2.75) is 110 Å². The van der Waals surface area contributed by atoms with E-state index < -0.39 is 7.82 Å². The summed E-state index contributed by atoms with van der Waals surface area (Å²) in [5, 5.41) is 0. The van der Waals surface area contributed by atoms with Crippen LogP contribution in [0.25, 0.3) is 0 Å². The molecule has 0 amide bonds. The Bertz CT molecular complexity index is 319. The topological polar surface area (TPSA) is 66.8 Å². The average Bonchev–Trinajstić information content (AvgIpc) is 2.61. The van der Waals surface area contributed by atoms with Gasteiger partial charge in [-0.25, -0.2) is 4.57 Å². The Balaban J connectivity index is 0. The lowest BCUT2D eigenvalue weighted by Crippen LogP contribution is -1.85. The lowest BCUT2D eigenvalue weighted by Gasteiger charge is -2.05. The predicted molar refractivity (Wildman–Crippen MR) is 122 cm³/mol. The Morgan fingerprint density at radius 2 is 0.926 bits per heavy atom. The molecule has 0 aromatic carbocycles. The molecule has 0 aliphatic heterocycles. The minimum Gasteiger partial charge on any atom is -0.303 e. The van der Waals surface area contributed by atoms with E-state index in [0.717, 1.165) is 7.11 Å². The molecule has 0 bridgehead atoms. The molecule has 0 aromatic rings. The van der Waals surface area contributed by atoms with E-state index in [-0.39, 0.29) is 0 Å². The summed E-state index contributed by atoms with van der Waals surface area (Å²) in [6, 6.07) is 0. The van der Waals surface area contributed by atoms with Gasteiger partial charge in [-0.05, 0) is 25.9 Å². The van der Waals surface area contributed by atoms with E-state index in [2.05, 4.69) is 24.8 Å². The van der Waals surface area contributed by atoms with Gasteiger partial charge in [0.1, 0.15) is 0 Å². The third kappa shape index (κ3) is 34.4. The van der Waals surface area contributed by atoms with Crippen LogP contribution in [0.4, 0.5) is 0 Å². The Morgan fingerprint density at radius 1 is 0.667 bits per heavy atom. The van der Waals surface area contributed by atoms with Crippen molar-refractivity contribution in [2.75, 3.05) is 26.6 Å². The molecule has 6 heteroatoms. The minimum atomic E-state index is -4.15. The van der Waals surface area contributed by atoms with Gasteiger partial charge in [0.15, 0.2) is 0 Å². The molecular formula is C21H48O4P2. The van der Waals surface area contributed by atoms with Gasteiger partial charge >= 0.3 is 7.82 Å². The summed E-state index contributed by atoms with van der Waals surface area (Å²) in [6.07, 6.45) is 25.1. The molecule has 0 atom stereocenters. The van der Waals surface area contributed by atoms with Crippen molar-refractivity contribution in [3.05, 3.63) is 0 Å². The molecule has 0 saturated carbocycles. The lowest BCUT2D eigenvalue weighted by molar-refractivity contribution is 0.235. The summed E-state index contributed by atoms with van der Waals surface area (Å²) in [4.78, 5) is 15.4.